The molecule has 0 aliphatic heterocycles. The molecule has 1 rings (SSSR count). The molecular formula is C9H7Cl3FNO2. The second-order valence-corrected chi connectivity index (χ2v) is 5.30. The molecule has 0 aliphatic carbocycles. The molecule has 7 heteroatoms. The third-order valence-electron chi connectivity index (χ3n) is 1.66. The summed E-state index contributed by atoms with van der Waals surface area (Å²) in [6.07, 6.45) is -1.67. The zero-order chi connectivity index (χ0) is 12.3. The lowest BCUT2D eigenvalue weighted by molar-refractivity contribution is 0.0791. The predicted molar refractivity (Wildman–Crippen MR) is 60.2 cm³/mol. The van der Waals surface area contributed by atoms with E-state index in [9.17, 15) is 14.3 Å². The fraction of sp³-hybridized carbons (Fsp3) is 0.222. The maximum absolute atomic E-state index is 12.8. The largest absolute Gasteiger partial charge is 0.369 e. The molecule has 0 aliphatic rings. The number of hydrogen-bond donors (Lipinski definition) is 2. The quantitative estimate of drug-likeness (QED) is 0.647. The fourth-order valence-corrected chi connectivity index (χ4v) is 1.08. The first-order valence-electron chi connectivity index (χ1n) is 4.12. The summed E-state index contributed by atoms with van der Waals surface area (Å²) in [6.45, 7) is 0. The lowest BCUT2D eigenvalue weighted by Crippen LogP contribution is -2.43. The van der Waals surface area contributed by atoms with Gasteiger partial charge in [0, 0.05) is 5.56 Å². The average Bonchev–Trinajstić information content (AvgIpc) is 2.16. The monoisotopic (exact) mass is 285 g/mol. The van der Waals surface area contributed by atoms with Gasteiger partial charge in [-0.3, -0.25) is 4.79 Å². The molecule has 88 valence electrons. The van der Waals surface area contributed by atoms with E-state index in [-0.39, 0.29) is 5.56 Å². The molecule has 0 spiro atoms. The first-order valence-corrected chi connectivity index (χ1v) is 5.25. The van der Waals surface area contributed by atoms with Crippen LogP contribution in [0.5, 0.6) is 0 Å². The molecule has 0 heterocycles. The molecule has 0 radical (unpaired) electrons. The lowest BCUT2D eigenvalue weighted by Gasteiger charge is -2.19. The molecule has 0 saturated carbocycles. The van der Waals surface area contributed by atoms with Crippen molar-refractivity contribution in [1.82, 2.24) is 5.32 Å². The second kappa shape index (κ2) is 5.19. The second-order valence-electron chi connectivity index (χ2n) is 2.93. The van der Waals surface area contributed by atoms with Crippen LogP contribution in [0, 0.1) is 5.82 Å². The molecule has 1 atom stereocenters. The zero-order valence-electron chi connectivity index (χ0n) is 7.75. The van der Waals surface area contributed by atoms with Crippen LogP contribution in [0.25, 0.3) is 0 Å². The molecule has 0 saturated heterocycles. The van der Waals surface area contributed by atoms with Gasteiger partial charge in [0.15, 0.2) is 6.23 Å². The molecule has 16 heavy (non-hydrogen) atoms. The summed E-state index contributed by atoms with van der Waals surface area (Å²) >= 11 is 16.0. The smallest absolute Gasteiger partial charge is 0.253 e. The van der Waals surface area contributed by atoms with E-state index in [2.05, 4.69) is 0 Å². The van der Waals surface area contributed by atoms with Gasteiger partial charge < -0.3 is 10.4 Å². The van der Waals surface area contributed by atoms with Crippen LogP contribution in [-0.4, -0.2) is 21.0 Å². The summed E-state index contributed by atoms with van der Waals surface area (Å²) in [7, 11) is 0. The van der Waals surface area contributed by atoms with Crippen LogP contribution in [0.4, 0.5) is 4.39 Å². The molecule has 0 bridgehead atoms. The third-order valence-corrected chi connectivity index (χ3v) is 2.28. The highest BCUT2D eigenvalue weighted by atomic mass is 35.6. The number of hydrogen-bond acceptors (Lipinski definition) is 2. The average molecular weight is 287 g/mol. The topological polar surface area (TPSA) is 49.3 Å². The maximum Gasteiger partial charge on any atom is 0.253 e. The van der Waals surface area contributed by atoms with Crippen molar-refractivity contribution in [2.24, 2.45) is 0 Å². The van der Waals surface area contributed by atoms with Gasteiger partial charge in [-0.05, 0) is 18.2 Å². The molecule has 1 aromatic rings. The standard InChI is InChI=1S/C9H7Cl3FNO2/c10-9(11,12)8(16)14-7(15)5-2-1-3-6(13)4-5/h1-4,8,16H,(H,14,15)/t8-/m0/s1. The van der Waals surface area contributed by atoms with Crippen LogP contribution in [0.15, 0.2) is 24.3 Å². The Morgan fingerprint density at radius 3 is 2.56 bits per heavy atom. The van der Waals surface area contributed by atoms with E-state index in [4.69, 9.17) is 34.8 Å². The molecule has 0 aromatic heterocycles. The highest BCUT2D eigenvalue weighted by Gasteiger charge is 2.32. The number of aliphatic hydroxyl groups excluding tert-OH is 1. The minimum atomic E-state index is -2.04. The predicted octanol–water partition coefficient (Wildman–Crippen LogP) is 2.24. The van der Waals surface area contributed by atoms with Gasteiger partial charge in [0.05, 0.1) is 0 Å². The minimum absolute atomic E-state index is 0.0216. The molecule has 1 aromatic carbocycles. The summed E-state index contributed by atoms with van der Waals surface area (Å²) in [6, 6.07) is 4.90. The van der Waals surface area contributed by atoms with E-state index in [0.29, 0.717) is 0 Å². The molecule has 0 fully saturated rings. The Labute approximate surface area is 106 Å². The van der Waals surface area contributed by atoms with Crippen LogP contribution < -0.4 is 5.32 Å². The van der Waals surface area contributed by atoms with Crippen molar-refractivity contribution in [2.75, 3.05) is 0 Å². The van der Waals surface area contributed by atoms with E-state index < -0.39 is 21.7 Å². The van der Waals surface area contributed by atoms with Gasteiger partial charge in [0.25, 0.3) is 5.91 Å². The van der Waals surface area contributed by atoms with Crippen molar-refractivity contribution in [1.29, 1.82) is 0 Å². The Kier molecular flexibility index (Phi) is 4.38. The Morgan fingerprint density at radius 2 is 2.06 bits per heavy atom. The zero-order valence-corrected chi connectivity index (χ0v) is 10.0. The van der Waals surface area contributed by atoms with Crippen molar-refractivity contribution in [3.63, 3.8) is 0 Å². The van der Waals surface area contributed by atoms with E-state index >= 15 is 0 Å². The van der Waals surface area contributed by atoms with Crippen molar-refractivity contribution < 1.29 is 14.3 Å². The van der Waals surface area contributed by atoms with Gasteiger partial charge in [-0.2, -0.15) is 0 Å². The van der Waals surface area contributed by atoms with Crippen LogP contribution in [0.1, 0.15) is 10.4 Å². The SMILES string of the molecule is O=C(N[C@@H](O)C(Cl)(Cl)Cl)c1cccc(F)c1. The summed E-state index contributed by atoms with van der Waals surface area (Å²) in [5.41, 5.74) is 0.0216. The first kappa shape index (κ1) is 13.5. The number of nitrogens with one attached hydrogen (secondary N) is 1. The van der Waals surface area contributed by atoms with Crippen LogP contribution in [0.2, 0.25) is 0 Å². The maximum atomic E-state index is 12.8. The summed E-state index contributed by atoms with van der Waals surface area (Å²) < 4.78 is 10.7. The molecular weight excluding hydrogens is 279 g/mol. The van der Waals surface area contributed by atoms with Crippen LogP contribution >= 0.6 is 34.8 Å². The van der Waals surface area contributed by atoms with Gasteiger partial charge in [-0.15, -0.1) is 0 Å². The molecule has 1 amide bonds. The molecule has 3 nitrogen and oxygen atoms in total. The van der Waals surface area contributed by atoms with Gasteiger partial charge in [-0.1, -0.05) is 40.9 Å². The summed E-state index contributed by atoms with van der Waals surface area (Å²) in [5.74, 6) is -1.31. The summed E-state index contributed by atoms with van der Waals surface area (Å²) in [5, 5.41) is 11.3. The van der Waals surface area contributed by atoms with Gasteiger partial charge >= 0.3 is 0 Å². The Morgan fingerprint density at radius 1 is 1.44 bits per heavy atom. The Hall–Kier alpha value is -0.550. The number of carbonyl (C=O) groups is 1. The normalized spacial score (nSPS) is 13.3. The molecule has 0 unspecified atom stereocenters. The number of alkyl halides is 3. The molecule has 2 N–H and O–H groups in total. The van der Waals surface area contributed by atoms with E-state index in [0.717, 1.165) is 6.07 Å². The Bertz CT molecular complexity index is 395. The van der Waals surface area contributed by atoms with Crippen molar-refractivity contribution in [2.45, 2.75) is 10.0 Å². The number of aliphatic hydroxyl groups is 1. The van der Waals surface area contributed by atoms with Crippen molar-refractivity contribution in [3.8, 4) is 0 Å². The highest BCUT2D eigenvalue weighted by molar-refractivity contribution is 6.68. The number of halogens is 4. The van der Waals surface area contributed by atoms with Crippen molar-refractivity contribution >= 4 is 40.7 Å². The lowest BCUT2D eigenvalue weighted by atomic mass is 10.2. The minimum Gasteiger partial charge on any atom is -0.369 e. The van der Waals surface area contributed by atoms with E-state index in [1.807, 2.05) is 5.32 Å². The number of benzene rings is 1. The number of amides is 1. The fourth-order valence-electron chi connectivity index (χ4n) is 0.919. The van der Waals surface area contributed by atoms with Crippen molar-refractivity contribution in [3.05, 3.63) is 35.6 Å². The number of carbonyl (C=O) groups excluding carboxylic acids is 1. The van der Waals surface area contributed by atoms with Crippen LogP contribution in [-0.2, 0) is 0 Å². The highest BCUT2D eigenvalue weighted by Crippen LogP contribution is 2.28. The Balaban J connectivity index is 2.74. The first-order chi connectivity index (χ1) is 7.30. The third kappa shape index (κ3) is 3.79. The van der Waals surface area contributed by atoms with Gasteiger partial charge in [-0.25, -0.2) is 4.39 Å². The van der Waals surface area contributed by atoms with Crippen LogP contribution in [0.3, 0.4) is 0 Å². The number of rotatable bonds is 2. The summed E-state index contributed by atoms with van der Waals surface area (Å²) in [4.78, 5) is 11.4. The van der Waals surface area contributed by atoms with Gasteiger partial charge in [0.1, 0.15) is 5.82 Å². The van der Waals surface area contributed by atoms with E-state index in [1.54, 1.807) is 0 Å². The van der Waals surface area contributed by atoms with Gasteiger partial charge in [0.2, 0.25) is 3.79 Å². The van der Waals surface area contributed by atoms with E-state index in [1.165, 1.54) is 18.2 Å².